The quantitative estimate of drug-likeness (QED) is 0.688. The van der Waals surface area contributed by atoms with Crippen LogP contribution in [0.5, 0.6) is 5.75 Å². The van der Waals surface area contributed by atoms with Crippen molar-refractivity contribution in [3.05, 3.63) is 29.8 Å². The molecule has 0 aromatic heterocycles. The van der Waals surface area contributed by atoms with Crippen LogP contribution >= 0.6 is 0 Å². The summed E-state index contributed by atoms with van der Waals surface area (Å²) < 4.78 is 9.66. The van der Waals surface area contributed by atoms with Gasteiger partial charge < -0.3 is 14.4 Å². The van der Waals surface area contributed by atoms with Crippen LogP contribution in [0.2, 0.25) is 0 Å². The molecule has 0 aliphatic carbocycles. The predicted molar refractivity (Wildman–Crippen MR) is 80.2 cm³/mol. The fraction of sp³-hybridized carbons (Fsp3) is 0.500. The summed E-state index contributed by atoms with van der Waals surface area (Å²) in [6, 6.07) is 7.70. The van der Waals surface area contributed by atoms with Crippen molar-refractivity contribution in [2.45, 2.75) is 25.7 Å². The summed E-state index contributed by atoms with van der Waals surface area (Å²) in [6.07, 6.45) is 2.12. The molecule has 1 amide bonds. The second-order valence-corrected chi connectivity index (χ2v) is 4.84. The lowest BCUT2D eigenvalue weighted by atomic mass is 10.1. The maximum atomic E-state index is 12.0. The fourth-order valence-electron chi connectivity index (χ4n) is 1.92. The van der Waals surface area contributed by atoms with E-state index in [0.717, 1.165) is 11.3 Å². The molecule has 0 radical (unpaired) electrons. The molecule has 5 heteroatoms. The molecule has 0 aliphatic rings. The van der Waals surface area contributed by atoms with Crippen LogP contribution < -0.4 is 4.74 Å². The van der Waals surface area contributed by atoms with Gasteiger partial charge in [0.15, 0.2) is 0 Å². The minimum atomic E-state index is -0.242. The standard InChI is InChI=1S/C16H23NO4/c1-17(12-4-5-16(19)21-3)15(18)11-8-13-6-9-14(20-2)10-7-13/h6-7,9-10H,4-5,8,11-12H2,1-3H3. The number of hydrogen-bond donors (Lipinski definition) is 0. The van der Waals surface area contributed by atoms with Gasteiger partial charge in [0.05, 0.1) is 14.2 Å². The van der Waals surface area contributed by atoms with Crippen LogP contribution in [-0.4, -0.2) is 44.6 Å². The zero-order valence-corrected chi connectivity index (χ0v) is 12.9. The number of esters is 1. The van der Waals surface area contributed by atoms with Crippen LogP contribution in [0.1, 0.15) is 24.8 Å². The highest BCUT2D eigenvalue weighted by Crippen LogP contribution is 2.13. The predicted octanol–water partition coefficient (Wildman–Crippen LogP) is 2.04. The number of benzene rings is 1. The Labute approximate surface area is 125 Å². The van der Waals surface area contributed by atoms with Gasteiger partial charge in [0.1, 0.15) is 5.75 Å². The van der Waals surface area contributed by atoms with Crippen LogP contribution in [0.25, 0.3) is 0 Å². The molecule has 5 nitrogen and oxygen atoms in total. The number of amides is 1. The molecule has 0 bridgehead atoms. The molecule has 1 aromatic rings. The van der Waals surface area contributed by atoms with Crippen LogP contribution in [0.3, 0.4) is 0 Å². The van der Waals surface area contributed by atoms with Gasteiger partial charge in [-0.25, -0.2) is 0 Å². The molecule has 1 rings (SSSR count). The Morgan fingerprint density at radius 1 is 1.10 bits per heavy atom. The summed E-state index contributed by atoms with van der Waals surface area (Å²) in [5, 5.41) is 0. The molecule has 0 N–H and O–H groups in total. The third kappa shape index (κ3) is 6.29. The first-order valence-corrected chi connectivity index (χ1v) is 7.00. The van der Waals surface area contributed by atoms with Gasteiger partial charge in [-0.3, -0.25) is 9.59 Å². The zero-order chi connectivity index (χ0) is 15.7. The molecule has 0 unspecified atom stereocenters. The summed E-state index contributed by atoms with van der Waals surface area (Å²) in [5.41, 5.74) is 1.10. The third-order valence-corrected chi connectivity index (χ3v) is 3.31. The summed E-state index contributed by atoms with van der Waals surface area (Å²) in [4.78, 5) is 24.6. The van der Waals surface area contributed by atoms with E-state index in [2.05, 4.69) is 4.74 Å². The number of rotatable bonds is 8. The molecule has 0 atom stereocenters. The van der Waals surface area contributed by atoms with Gasteiger partial charge in [-0.1, -0.05) is 12.1 Å². The Hall–Kier alpha value is -2.04. The van der Waals surface area contributed by atoms with E-state index in [1.807, 2.05) is 24.3 Å². The van der Waals surface area contributed by atoms with Crippen molar-refractivity contribution in [3.8, 4) is 5.75 Å². The molecule has 21 heavy (non-hydrogen) atoms. The smallest absolute Gasteiger partial charge is 0.305 e. The molecule has 0 saturated carbocycles. The largest absolute Gasteiger partial charge is 0.497 e. The SMILES string of the molecule is COC(=O)CCCN(C)C(=O)CCc1ccc(OC)cc1. The van der Waals surface area contributed by atoms with Crippen LogP contribution in [0.4, 0.5) is 0 Å². The van der Waals surface area contributed by atoms with Gasteiger partial charge in [-0.15, -0.1) is 0 Å². The van der Waals surface area contributed by atoms with Crippen molar-refractivity contribution in [3.63, 3.8) is 0 Å². The molecule has 0 heterocycles. The number of carbonyl (C=O) groups is 2. The van der Waals surface area contributed by atoms with Crippen molar-refractivity contribution >= 4 is 11.9 Å². The number of methoxy groups -OCH3 is 2. The second kappa shape index (κ2) is 9.00. The van der Waals surface area contributed by atoms with Crippen molar-refractivity contribution in [2.75, 3.05) is 27.8 Å². The van der Waals surface area contributed by atoms with Gasteiger partial charge in [0, 0.05) is 26.4 Å². The Kier molecular flexibility index (Phi) is 7.29. The lowest BCUT2D eigenvalue weighted by Gasteiger charge is -2.16. The van der Waals surface area contributed by atoms with Gasteiger partial charge in [-0.05, 0) is 30.5 Å². The Morgan fingerprint density at radius 2 is 1.76 bits per heavy atom. The van der Waals surface area contributed by atoms with Gasteiger partial charge in [0.25, 0.3) is 0 Å². The monoisotopic (exact) mass is 293 g/mol. The first-order valence-electron chi connectivity index (χ1n) is 7.00. The number of carbonyl (C=O) groups excluding carboxylic acids is 2. The first-order chi connectivity index (χ1) is 10.1. The highest BCUT2D eigenvalue weighted by Gasteiger charge is 2.09. The first kappa shape index (κ1) is 17.0. The van der Waals surface area contributed by atoms with Crippen molar-refractivity contribution in [2.24, 2.45) is 0 Å². The van der Waals surface area contributed by atoms with Crippen molar-refractivity contribution in [1.29, 1.82) is 0 Å². The molecule has 0 spiro atoms. The highest BCUT2D eigenvalue weighted by molar-refractivity contribution is 5.76. The number of aryl methyl sites for hydroxylation is 1. The molecule has 0 aliphatic heterocycles. The molecule has 0 saturated heterocycles. The van der Waals surface area contributed by atoms with Crippen molar-refractivity contribution < 1.29 is 19.1 Å². The van der Waals surface area contributed by atoms with E-state index in [1.54, 1.807) is 19.1 Å². The highest BCUT2D eigenvalue weighted by atomic mass is 16.5. The van der Waals surface area contributed by atoms with Gasteiger partial charge in [0.2, 0.25) is 5.91 Å². The maximum absolute atomic E-state index is 12.0. The second-order valence-electron chi connectivity index (χ2n) is 4.84. The average molecular weight is 293 g/mol. The maximum Gasteiger partial charge on any atom is 0.305 e. The summed E-state index contributed by atoms with van der Waals surface area (Å²) >= 11 is 0. The summed E-state index contributed by atoms with van der Waals surface area (Å²) in [7, 11) is 4.75. The van der Waals surface area contributed by atoms with Gasteiger partial charge in [-0.2, -0.15) is 0 Å². The number of hydrogen-bond acceptors (Lipinski definition) is 4. The Balaban J connectivity index is 2.29. The average Bonchev–Trinajstić information content (AvgIpc) is 2.52. The molecule has 116 valence electrons. The van der Waals surface area contributed by atoms with E-state index in [-0.39, 0.29) is 11.9 Å². The molecule has 1 aromatic carbocycles. The Bertz CT molecular complexity index is 456. The lowest BCUT2D eigenvalue weighted by Crippen LogP contribution is -2.28. The zero-order valence-electron chi connectivity index (χ0n) is 12.9. The Morgan fingerprint density at radius 3 is 2.33 bits per heavy atom. The minimum Gasteiger partial charge on any atom is -0.497 e. The van der Waals surface area contributed by atoms with Crippen LogP contribution in [0.15, 0.2) is 24.3 Å². The van der Waals surface area contributed by atoms with Crippen LogP contribution in [-0.2, 0) is 20.7 Å². The normalized spacial score (nSPS) is 10.0. The number of nitrogens with zero attached hydrogens (tertiary/aromatic N) is 1. The molecular formula is C16H23NO4. The third-order valence-electron chi connectivity index (χ3n) is 3.31. The van der Waals surface area contributed by atoms with Gasteiger partial charge >= 0.3 is 5.97 Å². The fourth-order valence-corrected chi connectivity index (χ4v) is 1.92. The topological polar surface area (TPSA) is 55.8 Å². The summed E-state index contributed by atoms with van der Waals surface area (Å²) in [5.74, 6) is 0.648. The summed E-state index contributed by atoms with van der Waals surface area (Å²) in [6.45, 7) is 0.566. The van der Waals surface area contributed by atoms with Crippen LogP contribution in [0, 0.1) is 0 Å². The lowest BCUT2D eigenvalue weighted by molar-refractivity contribution is -0.141. The van der Waals surface area contributed by atoms with Crippen molar-refractivity contribution in [1.82, 2.24) is 4.90 Å². The van der Waals surface area contributed by atoms with E-state index in [4.69, 9.17) is 4.74 Å². The van der Waals surface area contributed by atoms with E-state index >= 15 is 0 Å². The van der Waals surface area contributed by atoms with E-state index in [1.165, 1.54) is 7.11 Å². The van der Waals surface area contributed by atoms with E-state index in [9.17, 15) is 9.59 Å². The number of ether oxygens (including phenoxy) is 2. The van der Waals surface area contributed by atoms with E-state index in [0.29, 0.717) is 32.2 Å². The molecular weight excluding hydrogens is 270 g/mol. The molecule has 0 fully saturated rings. The minimum absolute atomic E-state index is 0.0793. The van der Waals surface area contributed by atoms with E-state index < -0.39 is 0 Å².